The number of ether oxygens (including phenoxy) is 2. The van der Waals surface area contributed by atoms with Gasteiger partial charge in [0.2, 0.25) is 8.32 Å². The van der Waals surface area contributed by atoms with Crippen LogP contribution in [-0.2, 0) is 17.6 Å². The summed E-state index contributed by atoms with van der Waals surface area (Å²) in [4.78, 5) is 15.1. The zero-order chi connectivity index (χ0) is 31.6. The van der Waals surface area contributed by atoms with Crippen LogP contribution in [0, 0.1) is 0 Å². The number of aliphatic hydroxyl groups is 1. The summed E-state index contributed by atoms with van der Waals surface area (Å²) in [6, 6.07) is 20.9. The highest BCUT2D eigenvalue weighted by Crippen LogP contribution is 2.38. The fourth-order valence-corrected chi connectivity index (χ4v) is 6.13. The standard InChI is InChI=1S/C35H46ClNO5Si/c1-34(2,3)41-33(39)37(23-32(38)25-10-9-11-27(36)20-25)28-14-12-24-13-15-31(22-26(24)21-28)40-29-16-18-30(19-17-29)42-43(7,8)35(4,5)6/h9-11,13,15-20,22,28,32,38H,12,14,21,23H2,1-8H3/t28-,32+/m0/s1. The first-order valence-electron chi connectivity index (χ1n) is 15.0. The molecule has 0 unspecified atom stereocenters. The third-order valence-electron chi connectivity index (χ3n) is 8.29. The van der Waals surface area contributed by atoms with Crippen LogP contribution in [0.1, 0.15) is 70.8 Å². The number of nitrogens with zero attached hydrogens (tertiary/aromatic N) is 1. The number of rotatable bonds is 8. The number of halogens is 1. The van der Waals surface area contributed by atoms with Crippen LogP contribution in [0.3, 0.4) is 0 Å². The molecule has 43 heavy (non-hydrogen) atoms. The molecule has 0 saturated heterocycles. The van der Waals surface area contributed by atoms with Crippen LogP contribution < -0.4 is 9.16 Å². The van der Waals surface area contributed by atoms with Gasteiger partial charge in [0.05, 0.1) is 12.6 Å². The molecule has 1 aliphatic carbocycles. The van der Waals surface area contributed by atoms with Crippen molar-refractivity contribution in [2.45, 2.75) is 96.7 Å². The van der Waals surface area contributed by atoms with Crippen LogP contribution >= 0.6 is 11.6 Å². The van der Waals surface area contributed by atoms with Gasteiger partial charge in [-0.15, -0.1) is 0 Å². The molecule has 232 valence electrons. The minimum absolute atomic E-state index is 0.106. The van der Waals surface area contributed by atoms with E-state index in [9.17, 15) is 9.90 Å². The van der Waals surface area contributed by atoms with E-state index in [4.69, 9.17) is 25.5 Å². The monoisotopic (exact) mass is 623 g/mol. The van der Waals surface area contributed by atoms with Gasteiger partial charge in [0.15, 0.2) is 0 Å². The minimum Gasteiger partial charge on any atom is -0.543 e. The third-order valence-corrected chi connectivity index (χ3v) is 12.9. The van der Waals surface area contributed by atoms with E-state index >= 15 is 0 Å². The van der Waals surface area contributed by atoms with Gasteiger partial charge >= 0.3 is 6.09 Å². The summed E-state index contributed by atoms with van der Waals surface area (Å²) in [6.07, 6.45) is 0.879. The van der Waals surface area contributed by atoms with E-state index in [-0.39, 0.29) is 17.6 Å². The second-order valence-corrected chi connectivity index (χ2v) is 19.1. The Morgan fingerprint density at radius 2 is 1.60 bits per heavy atom. The zero-order valence-corrected chi connectivity index (χ0v) is 28.5. The summed E-state index contributed by atoms with van der Waals surface area (Å²) in [5.74, 6) is 2.32. The number of aliphatic hydroxyl groups excluding tert-OH is 1. The minimum atomic E-state index is -1.92. The maximum atomic E-state index is 13.4. The smallest absolute Gasteiger partial charge is 0.410 e. The van der Waals surface area contributed by atoms with Crippen molar-refractivity contribution in [1.29, 1.82) is 0 Å². The van der Waals surface area contributed by atoms with E-state index in [0.29, 0.717) is 17.0 Å². The first-order valence-corrected chi connectivity index (χ1v) is 18.3. The molecular weight excluding hydrogens is 578 g/mol. The van der Waals surface area contributed by atoms with Crippen molar-refractivity contribution in [2.24, 2.45) is 0 Å². The largest absolute Gasteiger partial charge is 0.543 e. The van der Waals surface area contributed by atoms with E-state index < -0.39 is 26.1 Å². The molecular formula is C35H46ClNO5Si. The van der Waals surface area contributed by atoms with Gasteiger partial charge in [0.25, 0.3) is 0 Å². The van der Waals surface area contributed by atoms with Crippen molar-refractivity contribution in [3.8, 4) is 17.2 Å². The van der Waals surface area contributed by atoms with Crippen LogP contribution in [-0.4, -0.2) is 42.6 Å². The number of hydrogen-bond acceptors (Lipinski definition) is 5. The second-order valence-electron chi connectivity index (χ2n) is 14.0. The van der Waals surface area contributed by atoms with Gasteiger partial charge < -0.3 is 23.9 Å². The molecule has 0 bridgehead atoms. The number of amides is 1. The van der Waals surface area contributed by atoms with E-state index in [1.807, 2.05) is 57.2 Å². The lowest BCUT2D eigenvalue weighted by atomic mass is 9.87. The summed E-state index contributed by atoms with van der Waals surface area (Å²) in [6.45, 7) is 16.8. The molecule has 0 aliphatic heterocycles. The van der Waals surface area contributed by atoms with E-state index in [2.05, 4.69) is 46.0 Å². The van der Waals surface area contributed by atoms with Gasteiger partial charge in [-0.3, -0.25) is 0 Å². The third kappa shape index (κ3) is 8.77. The van der Waals surface area contributed by atoms with E-state index in [1.165, 1.54) is 5.56 Å². The second kappa shape index (κ2) is 12.9. The number of carbonyl (C=O) groups is 1. The summed E-state index contributed by atoms with van der Waals surface area (Å²) in [7, 11) is -1.92. The van der Waals surface area contributed by atoms with Crippen LogP contribution in [0.5, 0.6) is 17.2 Å². The van der Waals surface area contributed by atoms with Crippen LogP contribution in [0.2, 0.25) is 23.2 Å². The van der Waals surface area contributed by atoms with E-state index in [1.54, 1.807) is 23.1 Å². The molecule has 0 spiro atoms. The molecule has 1 amide bonds. The van der Waals surface area contributed by atoms with Crippen molar-refractivity contribution in [3.63, 3.8) is 0 Å². The lowest BCUT2D eigenvalue weighted by Gasteiger charge is -2.37. The quantitative estimate of drug-likeness (QED) is 0.253. The first-order chi connectivity index (χ1) is 20.0. The number of fused-ring (bicyclic) bond motifs is 1. The summed E-state index contributed by atoms with van der Waals surface area (Å²) in [5, 5.41) is 11.7. The Morgan fingerprint density at radius 1 is 0.953 bits per heavy atom. The fourth-order valence-electron chi connectivity index (χ4n) is 4.90. The van der Waals surface area contributed by atoms with Gasteiger partial charge in [-0.2, -0.15) is 0 Å². The van der Waals surface area contributed by atoms with Gasteiger partial charge in [-0.05, 0) is 123 Å². The summed E-state index contributed by atoms with van der Waals surface area (Å²) >= 11 is 6.17. The predicted octanol–water partition coefficient (Wildman–Crippen LogP) is 9.34. The Morgan fingerprint density at radius 3 is 2.23 bits per heavy atom. The zero-order valence-electron chi connectivity index (χ0n) is 26.7. The Hall–Kier alpha value is -3.00. The Kier molecular flexibility index (Phi) is 9.89. The fraction of sp³-hybridized carbons (Fsp3) is 0.457. The van der Waals surface area contributed by atoms with Gasteiger partial charge in [0.1, 0.15) is 22.8 Å². The highest BCUT2D eigenvalue weighted by molar-refractivity contribution is 6.74. The molecule has 3 aromatic carbocycles. The topological polar surface area (TPSA) is 68.2 Å². The van der Waals surface area contributed by atoms with Crippen molar-refractivity contribution in [3.05, 3.63) is 88.4 Å². The van der Waals surface area contributed by atoms with Crippen LogP contribution in [0.4, 0.5) is 4.79 Å². The lowest BCUT2D eigenvalue weighted by molar-refractivity contribution is 0.00195. The number of aryl methyl sites for hydroxylation is 1. The molecule has 1 N–H and O–H groups in total. The van der Waals surface area contributed by atoms with Crippen molar-refractivity contribution in [1.82, 2.24) is 4.90 Å². The maximum Gasteiger partial charge on any atom is 0.410 e. The molecule has 0 heterocycles. The number of hydrogen-bond donors (Lipinski definition) is 1. The average molecular weight is 624 g/mol. The first kappa shape index (κ1) is 32.9. The molecule has 3 aromatic rings. The highest BCUT2D eigenvalue weighted by Gasteiger charge is 2.39. The Labute approximate surface area is 263 Å². The molecule has 2 atom stereocenters. The lowest BCUT2D eigenvalue weighted by Crippen LogP contribution is -2.47. The number of carbonyl (C=O) groups excluding carboxylic acids is 1. The SMILES string of the molecule is CC(C)(C)OC(=O)N(C[C@@H](O)c1cccc(Cl)c1)[C@H]1CCc2ccc(Oc3ccc(O[Si](C)(C)C(C)(C)C)cc3)cc2C1. The molecule has 0 radical (unpaired) electrons. The molecule has 1 aliphatic rings. The van der Waals surface area contributed by atoms with Crippen LogP contribution in [0.25, 0.3) is 0 Å². The van der Waals surface area contributed by atoms with Crippen molar-refractivity contribution >= 4 is 26.0 Å². The van der Waals surface area contributed by atoms with Crippen LogP contribution in [0.15, 0.2) is 66.7 Å². The molecule has 0 fully saturated rings. The summed E-state index contributed by atoms with van der Waals surface area (Å²) in [5.41, 5.74) is 2.36. The highest BCUT2D eigenvalue weighted by atomic mass is 35.5. The molecule has 0 saturated carbocycles. The van der Waals surface area contributed by atoms with Gasteiger partial charge in [-0.1, -0.05) is 50.6 Å². The molecule has 6 nitrogen and oxygen atoms in total. The molecule has 8 heteroatoms. The van der Waals surface area contributed by atoms with Crippen molar-refractivity contribution < 1.29 is 23.8 Å². The average Bonchev–Trinajstić information content (AvgIpc) is 2.90. The summed E-state index contributed by atoms with van der Waals surface area (Å²) < 4.78 is 18.4. The van der Waals surface area contributed by atoms with Crippen molar-refractivity contribution in [2.75, 3.05) is 6.54 Å². The van der Waals surface area contributed by atoms with Gasteiger partial charge in [0, 0.05) is 11.1 Å². The normalized spacial score (nSPS) is 16.2. The Bertz CT molecular complexity index is 1410. The molecule has 4 rings (SSSR count). The predicted molar refractivity (Wildman–Crippen MR) is 176 cm³/mol. The number of benzene rings is 3. The maximum absolute atomic E-state index is 13.4. The van der Waals surface area contributed by atoms with E-state index in [0.717, 1.165) is 35.7 Å². The Balaban J connectivity index is 1.50. The molecule has 0 aromatic heterocycles. The van der Waals surface area contributed by atoms with Gasteiger partial charge in [-0.25, -0.2) is 4.79 Å².